The first-order chi connectivity index (χ1) is 15.2. The Hall–Kier alpha value is -3.23. The molecule has 1 aliphatic carbocycles. The van der Waals surface area contributed by atoms with Crippen LogP contribution in [0.1, 0.15) is 56.3 Å². The maximum Gasteiger partial charge on any atom is 0.230 e. The molecule has 3 aromatic heterocycles. The number of piperidine rings is 1. The molecule has 2 N–H and O–H groups in total. The molecule has 6 rings (SSSR count). The number of nitrogens with zero attached hydrogens (tertiary/aromatic N) is 6. The Morgan fingerprint density at radius 3 is 2.87 bits per heavy atom. The maximum absolute atomic E-state index is 14.0. The van der Waals surface area contributed by atoms with Crippen molar-refractivity contribution in [2.24, 2.45) is 0 Å². The van der Waals surface area contributed by atoms with Gasteiger partial charge in [-0.25, -0.2) is 9.37 Å². The van der Waals surface area contributed by atoms with Gasteiger partial charge >= 0.3 is 0 Å². The number of nitrogens with one attached hydrogen (secondary N) is 2. The molecular weight excluding hydrogens is 395 g/mol. The predicted molar refractivity (Wildman–Crippen MR) is 117 cm³/mol. The summed E-state index contributed by atoms with van der Waals surface area (Å²) in [7, 11) is 0. The van der Waals surface area contributed by atoms with Gasteiger partial charge in [-0.3, -0.25) is 0 Å². The van der Waals surface area contributed by atoms with E-state index in [1.165, 1.54) is 30.9 Å². The topological polar surface area (TPSA) is 87.0 Å². The Balaban J connectivity index is 1.37. The molecule has 2 aliphatic rings. The van der Waals surface area contributed by atoms with Crippen molar-refractivity contribution in [1.82, 2.24) is 29.5 Å². The summed E-state index contributed by atoms with van der Waals surface area (Å²) >= 11 is 0. The van der Waals surface area contributed by atoms with E-state index in [1.807, 2.05) is 12.3 Å². The molecule has 8 nitrogen and oxygen atoms in total. The number of hydrogen-bond acceptors (Lipinski definition) is 6. The number of aromatic amines is 1. The van der Waals surface area contributed by atoms with E-state index in [1.54, 1.807) is 10.6 Å². The maximum atomic E-state index is 14.0. The molecule has 1 atom stereocenters. The molecule has 1 aromatic carbocycles. The van der Waals surface area contributed by atoms with Gasteiger partial charge in [0, 0.05) is 18.2 Å². The van der Waals surface area contributed by atoms with E-state index in [2.05, 4.69) is 32.2 Å². The fraction of sp³-hybridized carbons (Fsp3) is 0.455. The number of hydrogen-bond donors (Lipinski definition) is 2. The van der Waals surface area contributed by atoms with E-state index in [4.69, 9.17) is 9.97 Å². The number of para-hydroxylation sites is 1. The second kappa shape index (κ2) is 7.18. The Kier molecular flexibility index (Phi) is 4.29. The summed E-state index contributed by atoms with van der Waals surface area (Å²) in [5.74, 6) is 2.25. The molecule has 4 aromatic rings. The summed E-state index contributed by atoms with van der Waals surface area (Å²) in [5.41, 5.74) is 3.11. The van der Waals surface area contributed by atoms with Crippen molar-refractivity contribution in [3.05, 3.63) is 41.6 Å². The summed E-state index contributed by atoms with van der Waals surface area (Å²) in [6.07, 6.45) is 7.85. The highest BCUT2D eigenvalue weighted by Gasteiger charge is 2.30. The lowest BCUT2D eigenvalue weighted by atomic mass is 10.0. The number of imidazole rings is 1. The second-order valence-corrected chi connectivity index (χ2v) is 8.67. The van der Waals surface area contributed by atoms with Crippen molar-refractivity contribution in [2.45, 2.75) is 57.5 Å². The van der Waals surface area contributed by atoms with Crippen molar-refractivity contribution >= 4 is 28.6 Å². The third kappa shape index (κ3) is 3.28. The minimum atomic E-state index is -0.327. The Bertz CT molecular complexity index is 1260. The third-order valence-corrected chi connectivity index (χ3v) is 6.39. The lowest BCUT2D eigenvalue weighted by Crippen LogP contribution is -2.39. The van der Waals surface area contributed by atoms with Crippen molar-refractivity contribution in [3.63, 3.8) is 0 Å². The molecule has 0 spiro atoms. The Morgan fingerprint density at radius 1 is 1.16 bits per heavy atom. The fourth-order valence-corrected chi connectivity index (χ4v) is 4.50. The van der Waals surface area contributed by atoms with Gasteiger partial charge in [0.1, 0.15) is 11.3 Å². The van der Waals surface area contributed by atoms with E-state index in [9.17, 15) is 4.39 Å². The van der Waals surface area contributed by atoms with Crippen LogP contribution < -0.4 is 10.2 Å². The number of rotatable bonds is 5. The molecule has 0 amide bonds. The van der Waals surface area contributed by atoms with Crippen LogP contribution >= 0.6 is 0 Å². The largest absolute Gasteiger partial charge is 0.347 e. The summed E-state index contributed by atoms with van der Waals surface area (Å²) in [5, 5.41) is 7.93. The normalized spacial score (nSPS) is 19.4. The first-order valence-corrected chi connectivity index (χ1v) is 11.1. The smallest absolute Gasteiger partial charge is 0.230 e. The number of benzene rings is 1. The summed E-state index contributed by atoms with van der Waals surface area (Å²) in [4.78, 5) is 19.7. The molecular formula is C22H25FN8. The minimum absolute atomic E-state index is 0.327. The van der Waals surface area contributed by atoms with Gasteiger partial charge < -0.3 is 15.2 Å². The molecule has 0 radical (unpaired) electrons. The number of H-pyrrole nitrogens is 1. The lowest BCUT2D eigenvalue weighted by molar-refractivity contribution is 0.477. The van der Waals surface area contributed by atoms with Crippen LogP contribution in [-0.2, 0) is 6.54 Å². The summed E-state index contributed by atoms with van der Waals surface area (Å²) in [6, 6.07) is 5.33. The molecule has 1 unspecified atom stereocenters. The third-order valence-electron chi connectivity index (χ3n) is 6.39. The highest BCUT2D eigenvalue weighted by Crippen LogP contribution is 2.42. The van der Waals surface area contributed by atoms with Crippen LogP contribution in [0, 0.1) is 5.82 Å². The zero-order valence-electron chi connectivity index (χ0n) is 17.5. The zero-order valence-corrected chi connectivity index (χ0v) is 17.5. The van der Waals surface area contributed by atoms with Gasteiger partial charge in [-0.05, 0) is 57.1 Å². The quantitative estimate of drug-likeness (QED) is 0.507. The molecule has 1 aliphatic heterocycles. The van der Waals surface area contributed by atoms with Crippen LogP contribution in [0.15, 0.2) is 24.4 Å². The molecule has 0 bridgehead atoms. The highest BCUT2D eigenvalue weighted by molar-refractivity contribution is 5.75. The minimum Gasteiger partial charge on any atom is -0.347 e. The van der Waals surface area contributed by atoms with E-state index in [-0.39, 0.29) is 5.82 Å². The monoisotopic (exact) mass is 420 g/mol. The highest BCUT2D eigenvalue weighted by atomic mass is 19.1. The molecule has 9 heteroatoms. The van der Waals surface area contributed by atoms with E-state index in [0.29, 0.717) is 41.3 Å². The van der Waals surface area contributed by atoms with E-state index >= 15 is 0 Å². The van der Waals surface area contributed by atoms with Crippen molar-refractivity contribution in [2.75, 3.05) is 16.8 Å². The number of halogens is 1. The van der Waals surface area contributed by atoms with Crippen molar-refractivity contribution in [3.8, 4) is 0 Å². The number of anilines is 2. The van der Waals surface area contributed by atoms with Crippen LogP contribution in [0.4, 0.5) is 16.3 Å². The Labute approximate surface area is 178 Å². The van der Waals surface area contributed by atoms with Crippen molar-refractivity contribution in [1.29, 1.82) is 0 Å². The fourth-order valence-electron chi connectivity index (χ4n) is 4.50. The predicted octanol–water partition coefficient (Wildman–Crippen LogP) is 4.01. The lowest BCUT2D eigenvalue weighted by Gasteiger charge is -2.33. The zero-order chi connectivity index (χ0) is 20.9. The molecule has 1 saturated heterocycles. The molecule has 2 fully saturated rings. The number of aromatic nitrogens is 6. The second-order valence-electron chi connectivity index (χ2n) is 8.67. The van der Waals surface area contributed by atoms with Gasteiger partial charge in [0.15, 0.2) is 11.5 Å². The van der Waals surface area contributed by atoms with Crippen LogP contribution in [0.25, 0.3) is 16.7 Å². The van der Waals surface area contributed by atoms with Gasteiger partial charge in [-0.1, -0.05) is 6.07 Å². The van der Waals surface area contributed by atoms with E-state index < -0.39 is 0 Å². The SMILES string of the molecule is CC1CCCCN1c1nc(NCc2nc3c(F)cccc3[nH]2)n2ncc(C3CC3)c2n1. The van der Waals surface area contributed by atoms with Crippen molar-refractivity contribution < 1.29 is 4.39 Å². The summed E-state index contributed by atoms with van der Waals surface area (Å²) in [6.45, 7) is 3.58. The average molecular weight is 420 g/mol. The first-order valence-electron chi connectivity index (χ1n) is 11.1. The first kappa shape index (κ1) is 18.5. The van der Waals surface area contributed by atoms with Gasteiger partial charge in [0.05, 0.1) is 18.3 Å². The average Bonchev–Trinajstić information content (AvgIpc) is 3.37. The summed E-state index contributed by atoms with van der Waals surface area (Å²) < 4.78 is 15.8. The van der Waals surface area contributed by atoms with Crippen LogP contribution in [-0.4, -0.2) is 42.1 Å². The molecule has 31 heavy (non-hydrogen) atoms. The standard InChI is InChI=1S/C22H25FN8/c1-13-5-2-3-10-30(13)22-28-20-15(14-8-9-14)11-25-31(20)21(29-22)24-12-18-26-17-7-4-6-16(23)19(17)27-18/h4,6-7,11,13-14H,2-3,5,8-10,12H2,1H3,(H,26,27)(H,24,28,29). The number of fused-ring (bicyclic) bond motifs is 2. The van der Waals surface area contributed by atoms with E-state index in [0.717, 1.165) is 31.0 Å². The molecule has 160 valence electrons. The van der Waals surface area contributed by atoms with Gasteiger partial charge in [-0.2, -0.15) is 19.6 Å². The molecule has 4 heterocycles. The van der Waals surface area contributed by atoms with Gasteiger partial charge in [-0.15, -0.1) is 0 Å². The molecule has 1 saturated carbocycles. The van der Waals surface area contributed by atoms with Gasteiger partial charge in [0.2, 0.25) is 11.9 Å². The van der Waals surface area contributed by atoms with Crippen LogP contribution in [0.2, 0.25) is 0 Å². The Morgan fingerprint density at radius 2 is 2.06 bits per heavy atom. The van der Waals surface area contributed by atoms with Crippen LogP contribution in [0.3, 0.4) is 0 Å². The van der Waals surface area contributed by atoms with Gasteiger partial charge in [0.25, 0.3) is 0 Å². The van der Waals surface area contributed by atoms with Crippen LogP contribution in [0.5, 0.6) is 0 Å².